The van der Waals surface area contributed by atoms with Gasteiger partial charge in [0.15, 0.2) is 0 Å². The van der Waals surface area contributed by atoms with Gasteiger partial charge in [0.05, 0.1) is 0 Å². The summed E-state index contributed by atoms with van der Waals surface area (Å²) >= 11 is 0. The Morgan fingerprint density at radius 1 is 0.692 bits per heavy atom. The Bertz CT molecular complexity index is 417. The van der Waals surface area contributed by atoms with Crippen molar-refractivity contribution < 1.29 is 19.1 Å². The molecule has 0 spiro atoms. The summed E-state index contributed by atoms with van der Waals surface area (Å²) in [7, 11) is 0. The molecular formula is C22H38O4. The van der Waals surface area contributed by atoms with Gasteiger partial charge >= 0.3 is 11.9 Å². The summed E-state index contributed by atoms with van der Waals surface area (Å²) in [6, 6.07) is 0. The molecule has 2 aliphatic rings. The normalized spacial score (nSPS) is 23.4. The molecule has 0 amide bonds. The minimum atomic E-state index is -0.113. The van der Waals surface area contributed by atoms with Crippen LogP contribution in [0.3, 0.4) is 0 Å². The molecule has 4 nitrogen and oxygen atoms in total. The van der Waals surface area contributed by atoms with Crippen LogP contribution >= 0.6 is 0 Å². The minimum Gasteiger partial charge on any atom is -0.462 e. The lowest BCUT2D eigenvalue weighted by Gasteiger charge is -2.34. The van der Waals surface area contributed by atoms with Crippen molar-refractivity contribution in [3.8, 4) is 0 Å². The van der Waals surface area contributed by atoms with Crippen molar-refractivity contribution in [2.24, 2.45) is 10.8 Å². The van der Waals surface area contributed by atoms with Crippen LogP contribution in [0.5, 0.6) is 0 Å². The van der Waals surface area contributed by atoms with Crippen LogP contribution in [0.25, 0.3) is 0 Å². The standard InChI is InChI=1S/C22H38O4/c1-21(2)13-9-17(10-14-21)25-19(23)7-5-6-8-20(24)26-18-11-15-22(3,4)16-12-18/h17-18H,5-16H2,1-4H3. The van der Waals surface area contributed by atoms with Crippen LogP contribution in [0.15, 0.2) is 0 Å². The molecular weight excluding hydrogens is 328 g/mol. The van der Waals surface area contributed by atoms with Crippen LogP contribution in [0.1, 0.15) is 105 Å². The van der Waals surface area contributed by atoms with E-state index >= 15 is 0 Å². The molecule has 2 aliphatic carbocycles. The van der Waals surface area contributed by atoms with Gasteiger partial charge in [-0.15, -0.1) is 0 Å². The predicted molar refractivity (Wildman–Crippen MR) is 103 cm³/mol. The number of hydrogen-bond donors (Lipinski definition) is 0. The Kier molecular flexibility index (Phi) is 7.54. The first-order valence-electron chi connectivity index (χ1n) is 10.5. The number of carbonyl (C=O) groups is 2. The predicted octanol–water partition coefficient (Wildman–Crippen LogP) is 5.57. The lowest BCUT2D eigenvalue weighted by molar-refractivity contribution is -0.154. The third-order valence-electron chi connectivity index (χ3n) is 6.18. The van der Waals surface area contributed by atoms with E-state index in [1.54, 1.807) is 0 Å². The lowest BCUT2D eigenvalue weighted by Crippen LogP contribution is -2.28. The number of ether oxygens (including phenoxy) is 2. The first kappa shape index (κ1) is 21.2. The highest BCUT2D eigenvalue weighted by molar-refractivity contribution is 5.70. The quantitative estimate of drug-likeness (QED) is 0.436. The van der Waals surface area contributed by atoms with Gasteiger partial charge in [0.2, 0.25) is 0 Å². The van der Waals surface area contributed by atoms with E-state index in [1.165, 1.54) is 0 Å². The molecule has 0 saturated heterocycles. The highest BCUT2D eigenvalue weighted by Gasteiger charge is 2.29. The van der Waals surface area contributed by atoms with E-state index in [4.69, 9.17) is 9.47 Å². The summed E-state index contributed by atoms with van der Waals surface area (Å²) in [5, 5.41) is 0. The molecule has 2 saturated carbocycles. The molecule has 4 heteroatoms. The number of esters is 2. The van der Waals surface area contributed by atoms with Crippen LogP contribution in [0.2, 0.25) is 0 Å². The summed E-state index contributed by atoms with van der Waals surface area (Å²) in [4.78, 5) is 23.9. The summed E-state index contributed by atoms with van der Waals surface area (Å²) in [5.41, 5.74) is 0.773. The smallest absolute Gasteiger partial charge is 0.306 e. The Hall–Kier alpha value is -1.06. The van der Waals surface area contributed by atoms with Crippen LogP contribution in [-0.2, 0) is 19.1 Å². The summed E-state index contributed by atoms with van der Waals surface area (Å²) in [6.45, 7) is 9.10. The van der Waals surface area contributed by atoms with Gasteiger partial charge in [0.25, 0.3) is 0 Å². The molecule has 0 radical (unpaired) electrons. The maximum Gasteiger partial charge on any atom is 0.306 e. The summed E-state index contributed by atoms with van der Waals surface area (Å²) < 4.78 is 11.2. The molecule has 0 unspecified atom stereocenters. The third kappa shape index (κ3) is 7.67. The number of rotatable bonds is 7. The maximum absolute atomic E-state index is 12.0. The molecule has 2 rings (SSSR count). The summed E-state index contributed by atoms with van der Waals surface area (Å²) in [5.74, 6) is -0.227. The molecule has 0 aromatic rings. The zero-order valence-corrected chi connectivity index (χ0v) is 17.3. The van der Waals surface area contributed by atoms with Crippen molar-refractivity contribution in [2.75, 3.05) is 0 Å². The fraction of sp³-hybridized carbons (Fsp3) is 0.909. The van der Waals surface area contributed by atoms with E-state index in [9.17, 15) is 9.59 Å². The number of carbonyl (C=O) groups excluding carboxylic acids is 2. The number of unbranched alkanes of at least 4 members (excludes halogenated alkanes) is 1. The number of hydrogen-bond acceptors (Lipinski definition) is 4. The van der Waals surface area contributed by atoms with Crippen molar-refractivity contribution >= 4 is 11.9 Å². The average Bonchev–Trinajstić information content (AvgIpc) is 2.56. The van der Waals surface area contributed by atoms with Crippen LogP contribution < -0.4 is 0 Å². The van der Waals surface area contributed by atoms with E-state index in [0.717, 1.165) is 51.4 Å². The van der Waals surface area contributed by atoms with Gasteiger partial charge in [0.1, 0.15) is 12.2 Å². The topological polar surface area (TPSA) is 52.6 Å². The minimum absolute atomic E-state index is 0.0936. The molecule has 26 heavy (non-hydrogen) atoms. The molecule has 0 atom stereocenters. The van der Waals surface area contributed by atoms with Crippen molar-refractivity contribution in [3.63, 3.8) is 0 Å². The molecule has 0 aromatic carbocycles. The summed E-state index contributed by atoms with van der Waals surface area (Å²) in [6.07, 6.45) is 10.8. The highest BCUT2D eigenvalue weighted by atomic mass is 16.5. The van der Waals surface area contributed by atoms with Crippen LogP contribution in [0.4, 0.5) is 0 Å². The largest absolute Gasteiger partial charge is 0.462 e. The van der Waals surface area contributed by atoms with Gasteiger partial charge in [-0.05, 0) is 75.0 Å². The molecule has 2 fully saturated rings. The third-order valence-corrected chi connectivity index (χ3v) is 6.18. The van der Waals surface area contributed by atoms with Gasteiger partial charge in [-0.1, -0.05) is 27.7 Å². The molecule has 0 heterocycles. The highest BCUT2D eigenvalue weighted by Crippen LogP contribution is 2.37. The zero-order valence-electron chi connectivity index (χ0n) is 17.3. The Labute approximate surface area is 159 Å². The second-order valence-electron chi connectivity index (χ2n) is 9.91. The van der Waals surface area contributed by atoms with Gasteiger partial charge in [-0.3, -0.25) is 9.59 Å². The van der Waals surface area contributed by atoms with Gasteiger partial charge in [0, 0.05) is 12.8 Å². The van der Waals surface area contributed by atoms with Crippen molar-refractivity contribution in [2.45, 2.75) is 117 Å². The second-order valence-corrected chi connectivity index (χ2v) is 9.91. The van der Waals surface area contributed by atoms with E-state index in [-0.39, 0.29) is 24.1 Å². The molecule has 0 bridgehead atoms. The Morgan fingerprint density at radius 3 is 1.31 bits per heavy atom. The first-order chi connectivity index (χ1) is 12.2. The van der Waals surface area contributed by atoms with Gasteiger partial charge in [-0.25, -0.2) is 0 Å². The molecule has 0 aliphatic heterocycles. The SMILES string of the molecule is CC1(C)CCC(OC(=O)CCCCC(=O)OC2CCC(C)(C)CC2)CC1. The maximum atomic E-state index is 12.0. The van der Waals surface area contributed by atoms with E-state index in [0.29, 0.717) is 36.5 Å². The first-order valence-corrected chi connectivity index (χ1v) is 10.5. The fourth-order valence-corrected chi connectivity index (χ4v) is 4.01. The van der Waals surface area contributed by atoms with E-state index in [1.807, 2.05) is 0 Å². The van der Waals surface area contributed by atoms with Gasteiger partial charge in [-0.2, -0.15) is 0 Å². The van der Waals surface area contributed by atoms with Crippen LogP contribution in [0, 0.1) is 10.8 Å². The van der Waals surface area contributed by atoms with Crippen LogP contribution in [-0.4, -0.2) is 24.1 Å². The fourth-order valence-electron chi connectivity index (χ4n) is 4.01. The monoisotopic (exact) mass is 366 g/mol. The average molecular weight is 367 g/mol. The van der Waals surface area contributed by atoms with E-state index in [2.05, 4.69) is 27.7 Å². The molecule has 0 aromatic heterocycles. The Morgan fingerprint density at radius 2 is 1.00 bits per heavy atom. The lowest BCUT2D eigenvalue weighted by atomic mass is 9.76. The van der Waals surface area contributed by atoms with Gasteiger partial charge < -0.3 is 9.47 Å². The molecule has 150 valence electrons. The second kappa shape index (κ2) is 9.23. The van der Waals surface area contributed by atoms with E-state index < -0.39 is 0 Å². The van der Waals surface area contributed by atoms with Crippen molar-refractivity contribution in [1.29, 1.82) is 0 Å². The molecule has 0 N–H and O–H groups in total. The van der Waals surface area contributed by atoms with Crippen molar-refractivity contribution in [1.82, 2.24) is 0 Å². The van der Waals surface area contributed by atoms with Crippen molar-refractivity contribution in [3.05, 3.63) is 0 Å². The Balaban J connectivity index is 1.52. The zero-order chi connectivity index (χ0) is 19.2.